The van der Waals surface area contributed by atoms with Crippen LogP contribution >= 0.6 is 0 Å². The predicted octanol–water partition coefficient (Wildman–Crippen LogP) is 6.05. The first-order chi connectivity index (χ1) is 12.2. The molecule has 0 fully saturated rings. The number of carboxylic acid groups (broad SMARTS) is 1. The first kappa shape index (κ1) is 25.6. The summed E-state index contributed by atoms with van der Waals surface area (Å²) in [6.07, 6.45) is 27.3. The molecule has 0 saturated heterocycles. The van der Waals surface area contributed by atoms with Gasteiger partial charge in [-0.3, -0.25) is 4.79 Å². The second-order valence-corrected chi connectivity index (χ2v) is 5.87. The number of aliphatic carboxylic acids is 1. The molecule has 0 aromatic rings. The second-order valence-electron chi connectivity index (χ2n) is 5.87. The van der Waals surface area contributed by atoms with Crippen molar-refractivity contribution in [3.8, 4) is 0 Å². The summed E-state index contributed by atoms with van der Waals surface area (Å²) in [5, 5.41) is 11.2. The normalized spacial score (nSPS) is 11.6. The van der Waals surface area contributed by atoms with Crippen LogP contribution < -0.4 is 5.32 Å². The van der Waals surface area contributed by atoms with E-state index in [4.69, 9.17) is 5.11 Å². The summed E-state index contributed by atoms with van der Waals surface area (Å²) in [5.74, 6) is -0.712. The van der Waals surface area contributed by atoms with Crippen molar-refractivity contribution in [2.75, 3.05) is 14.1 Å². The monoisotopic (exact) mass is 349 g/mol. The van der Waals surface area contributed by atoms with Gasteiger partial charge in [-0.1, -0.05) is 68.4 Å². The molecular weight excluding hydrogens is 310 g/mol. The van der Waals surface area contributed by atoms with E-state index >= 15 is 0 Å². The standard InChI is InChI=1S/C20H32O2.C2H7N/c1-2-3-4-5-6-7-8-9-10-11-12-13-14-15-16-17-18-19-20(21)22;1-3-2/h6-7,9-10,12-13,15-16H,2-5,8,11,14,17-19H2,1H3,(H,21,22);3H,1-2H3. The topological polar surface area (TPSA) is 49.3 Å². The Labute approximate surface area is 155 Å². The molecule has 2 N–H and O–H groups in total. The number of rotatable bonds is 14. The zero-order chi connectivity index (χ0) is 19.0. The average molecular weight is 350 g/mol. The fourth-order valence-corrected chi connectivity index (χ4v) is 1.93. The third kappa shape index (κ3) is 30.8. The van der Waals surface area contributed by atoms with Gasteiger partial charge in [0.25, 0.3) is 0 Å². The number of carbonyl (C=O) groups is 1. The van der Waals surface area contributed by atoms with E-state index in [0.717, 1.165) is 32.1 Å². The van der Waals surface area contributed by atoms with E-state index in [1.165, 1.54) is 25.7 Å². The minimum Gasteiger partial charge on any atom is -0.481 e. The van der Waals surface area contributed by atoms with Crippen LogP contribution in [0.25, 0.3) is 0 Å². The fraction of sp³-hybridized carbons (Fsp3) is 0.591. The van der Waals surface area contributed by atoms with E-state index in [0.29, 0.717) is 0 Å². The molecule has 0 aliphatic heterocycles. The quantitative estimate of drug-likeness (QED) is 0.296. The van der Waals surface area contributed by atoms with Crippen LogP contribution in [0.3, 0.4) is 0 Å². The van der Waals surface area contributed by atoms with Gasteiger partial charge in [0.05, 0.1) is 0 Å². The minimum atomic E-state index is -0.712. The van der Waals surface area contributed by atoms with Gasteiger partial charge in [0.15, 0.2) is 0 Å². The number of carboxylic acids is 1. The Bertz CT molecular complexity index is 381. The molecule has 0 aromatic carbocycles. The van der Waals surface area contributed by atoms with Crippen molar-refractivity contribution in [2.24, 2.45) is 0 Å². The van der Waals surface area contributed by atoms with Crippen molar-refractivity contribution < 1.29 is 9.90 Å². The summed E-state index contributed by atoms with van der Waals surface area (Å²) in [6.45, 7) is 2.23. The van der Waals surface area contributed by atoms with Crippen molar-refractivity contribution in [3.63, 3.8) is 0 Å². The van der Waals surface area contributed by atoms with Gasteiger partial charge in [-0.25, -0.2) is 0 Å². The Balaban J connectivity index is 0. The van der Waals surface area contributed by atoms with E-state index in [1.807, 2.05) is 14.1 Å². The average Bonchev–Trinajstić information content (AvgIpc) is 2.58. The third-order valence-electron chi connectivity index (χ3n) is 3.22. The van der Waals surface area contributed by atoms with Crippen LogP contribution in [0.15, 0.2) is 48.6 Å². The van der Waals surface area contributed by atoms with Crippen molar-refractivity contribution in [1.82, 2.24) is 5.32 Å². The number of unbranched alkanes of at least 4 members (excludes halogenated alkanes) is 4. The molecule has 25 heavy (non-hydrogen) atoms. The Morgan fingerprint density at radius 3 is 1.56 bits per heavy atom. The summed E-state index contributed by atoms with van der Waals surface area (Å²) in [5.41, 5.74) is 0. The lowest BCUT2D eigenvalue weighted by Crippen LogP contribution is -1.92. The number of hydrogen-bond acceptors (Lipinski definition) is 2. The molecule has 0 aromatic heterocycles. The molecule has 3 nitrogen and oxygen atoms in total. The smallest absolute Gasteiger partial charge is 0.303 e. The van der Waals surface area contributed by atoms with Gasteiger partial charge >= 0.3 is 5.97 Å². The molecule has 0 amide bonds. The van der Waals surface area contributed by atoms with Gasteiger partial charge < -0.3 is 10.4 Å². The van der Waals surface area contributed by atoms with Gasteiger partial charge in [0.1, 0.15) is 0 Å². The van der Waals surface area contributed by atoms with Gasteiger partial charge in [0, 0.05) is 6.42 Å². The lowest BCUT2D eigenvalue weighted by atomic mass is 10.2. The first-order valence-corrected chi connectivity index (χ1v) is 9.59. The Kier molecular flexibility index (Phi) is 25.3. The van der Waals surface area contributed by atoms with Gasteiger partial charge in [-0.15, -0.1) is 0 Å². The molecular formula is C22H39NO2. The molecule has 0 aliphatic rings. The summed E-state index contributed by atoms with van der Waals surface area (Å²) in [7, 11) is 3.75. The van der Waals surface area contributed by atoms with Crippen LogP contribution in [0.5, 0.6) is 0 Å². The summed E-state index contributed by atoms with van der Waals surface area (Å²) >= 11 is 0. The molecule has 3 heteroatoms. The van der Waals surface area contributed by atoms with E-state index in [1.54, 1.807) is 0 Å². The van der Waals surface area contributed by atoms with E-state index in [-0.39, 0.29) is 6.42 Å². The van der Waals surface area contributed by atoms with E-state index in [2.05, 4.69) is 60.8 Å². The molecule has 144 valence electrons. The Morgan fingerprint density at radius 2 is 1.16 bits per heavy atom. The maximum absolute atomic E-state index is 10.3. The lowest BCUT2D eigenvalue weighted by Gasteiger charge is -1.90. The zero-order valence-electron chi connectivity index (χ0n) is 16.5. The predicted molar refractivity (Wildman–Crippen MR) is 111 cm³/mol. The van der Waals surface area contributed by atoms with Crippen LogP contribution in [-0.2, 0) is 4.79 Å². The maximum atomic E-state index is 10.3. The summed E-state index contributed by atoms with van der Waals surface area (Å²) in [4.78, 5) is 10.3. The van der Waals surface area contributed by atoms with Crippen LogP contribution in [0.1, 0.15) is 71.1 Å². The molecule has 0 radical (unpaired) electrons. The molecule has 0 rings (SSSR count). The van der Waals surface area contributed by atoms with Crippen molar-refractivity contribution >= 4 is 5.97 Å². The molecule has 0 bridgehead atoms. The summed E-state index contributed by atoms with van der Waals surface area (Å²) in [6, 6.07) is 0. The van der Waals surface area contributed by atoms with E-state index < -0.39 is 5.97 Å². The van der Waals surface area contributed by atoms with Crippen molar-refractivity contribution in [2.45, 2.75) is 71.1 Å². The Morgan fingerprint density at radius 1 is 0.760 bits per heavy atom. The molecule has 0 atom stereocenters. The largest absolute Gasteiger partial charge is 0.481 e. The Hall–Kier alpha value is -1.61. The minimum absolute atomic E-state index is 0.262. The first-order valence-electron chi connectivity index (χ1n) is 9.59. The molecule has 0 spiro atoms. The van der Waals surface area contributed by atoms with Crippen LogP contribution in [0.2, 0.25) is 0 Å². The molecule has 0 unspecified atom stereocenters. The highest BCUT2D eigenvalue weighted by Crippen LogP contribution is 2.01. The fourth-order valence-electron chi connectivity index (χ4n) is 1.93. The van der Waals surface area contributed by atoms with Crippen LogP contribution in [-0.4, -0.2) is 25.2 Å². The number of allylic oxidation sites excluding steroid dienone is 8. The van der Waals surface area contributed by atoms with Gasteiger partial charge in [0.2, 0.25) is 0 Å². The maximum Gasteiger partial charge on any atom is 0.303 e. The number of nitrogens with one attached hydrogen (secondary N) is 1. The third-order valence-corrected chi connectivity index (χ3v) is 3.22. The summed E-state index contributed by atoms with van der Waals surface area (Å²) < 4.78 is 0. The van der Waals surface area contributed by atoms with Gasteiger partial charge in [-0.05, 0) is 59.0 Å². The van der Waals surface area contributed by atoms with Gasteiger partial charge in [-0.2, -0.15) is 0 Å². The van der Waals surface area contributed by atoms with Crippen LogP contribution in [0, 0.1) is 0 Å². The molecule has 0 saturated carbocycles. The highest BCUT2D eigenvalue weighted by atomic mass is 16.4. The molecule has 0 heterocycles. The lowest BCUT2D eigenvalue weighted by molar-refractivity contribution is -0.137. The second kappa shape index (κ2) is 24.6. The van der Waals surface area contributed by atoms with Crippen molar-refractivity contribution in [3.05, 3.63) is 48.6 Å². The van der Waals surface area contributed by atoms with Crippen molar-refractivity contribution in [1.29, 1.82) is 0 Å². The zero-order valence-corrected chi connectivity index (χ0v) is 16.5. The highest BCUT2D eigenvalue weighted by molar-refractivity contribution is 5.66. The number of hydrogen-bond donors (Lipinski definition) is 2. The highest BCUT2D eigenvalue weighted by Gasteiger charge is 1.92. The molecule has 0 aliphatic carbocycles. The van der Waals surface area contributed by atoms with E-state index in [9.17, 15) is 4.79 Å². The van der Waals surface area contributed by atoms with Crippen LogP contribution in [0.4, 0.5) is 0 Å². The SMILES string of the molecule is CCCCCC=CCC=CCC=CCC=CCCCC(=O)O.CNC.